The van der Waals surface area contributed by atoms with Crippen LogP contribution < -0.4 is 0 Å². The standard InChI is InChI=1S/C10H20O2/c1-9(2,3)8-10(4-5-10)12-7-6-11/h11H,4-8H2,1-3H3. The van der Waals surface area contributed by atoms with E-state index in [1.165, 1.54) is 12.8 Å². The van der Waals surface area contributed by atoms with Crippen LogP contribution in [-0.4, -0.2) is 23.9 Å². The Kier molecular flexibility index (Phi) is 2.79. The molecule has 2 nitrogen and oxygen atoms in total. The first-order chi connectivity index (χ1) is 5.47. The summed E-state index contributed by atoms with van der Waals surface area (Å²) in [6.45, 7) is 7.34. The molecule has 1 aliphatic carbocycles. The van der Waals surface area contributed by atoms with Crippen molar-refractivity contribution in [2.24, 2.45) is 5.41 Å². The molecule has 2 heteroatoms. The Morgan fingerprint density at radius 2 is 1.92 bits per heavy atom. The summed E-state index contributed by atoms with van der Waals surface area (Å²) < 4.78 is 5.62. The maximum atomic E-state index is 8.63. The average Bonchev–Trinajstić information content (AvgIpc) is 2.62. The molecule has 0 aromatic rings. The van der Waals surface area contributed by atoms with Crippen molar-refractivity contribution in [3.63, 3.8) is 0 Å². The van der Waals surface area contributed by atoms with Gasteiger partial charge in [-0.3, -0.25) is 0 Å². The molecule has 1 saturated carbocycles. The largest absolute Gasteiger partial charge is 0.394 e. The van der Waals surface area contributed by atoms with E-state index in [0.29, 0.717) is 12.0 Å². The SMILES string of the molecule is CC(C)(C)CC1(OCCO)CC1. The Bertz CT molecular complexity index is 142. The van der Waals surface area contributed by atoms with Crippen molar-refractivity contribution in [1.82, 2.24) is 0 Å². The highest BCUT2D eigenvalue weighted by atomic mass is 16.5. The molecule has 0 atom stereocenters. The van der Waals surface area contributed by atoms with Gasteiger partial charge in [-0.25, -0.2) is 0 Å². The molecule has 0 aromatic heterocycles. The van der Waals surface area contributed by atoms with Crippen molar-refractivity contribution in [3.8, 4) is 0 Å². The molecule has 0 unspecified atom stereocenters. The quantitative estimate of drug-likeness (QED) is 0.702. The van der Waals surface area contributed by atoms with E-state index in [1.807, 2.05) is 0 Å². The predicted octanol–water partition coefficient (Wildman–Crippen LogP) is 1.96. The molecule has 0 amide bonds. The fraction of sp³-hybridized carbons (Fsp3) is 1.00. The summed E-state index contributed by atoms with van der Waals surface area (Å²) in [7, 11) is 0. The minimum atomic E-state index is 0.126. The molecule has 1 aliphatic rings. The van der Waals surface area contributed by atoms with Crippen molar-refractivity contribution in [2.45, 2.75) is 45.6 Å². The lowest BCUT2D eigenvalue weighted by molar-refractivity contribution is -0.0116. The van der Waals surface area contributed by atoms with E-state index in [9.17, 15) is 0 Å². The Labute approximate surface area is 74.9 Å². The zero-order valence-corrected chi connectivity index (χ0v) is 8.39. The van der Waals surface area contributed by atoms with Gasteiger partial charge in [0.2, 0.25) is 0 Å². The summed E-state index contributed by atoms with van der Waals surface area (Å²) in [5, 5.41) is 8.63. The van der Waals surface area contributed by atoms with Crippen LogP contribution in [0, 0.1) is 5.41 Å². The van der Waals surface area contributed by atoms with Gasteiger partial charge in [0, 0.05) is 0 Å². The van der Waals surface area contributed by atoms with E-state index >= 15 is 0 Å². The summed E-state index contributed by atoms with van der Waals surface area (Å²) in [6, 6.07) is 0. The fourth-order valence-electron chi connectivity index (χ4n) is 1.74. The van der Waals surface area contributed by atoms with E-state index in [4.69, 9.17) is 9.84 Å². The van der Waals surface area contributed by atoms with Crippen molar-refractivity contribution < 1.29 is 9.84 Å². The minimum Gasteiger partial charge on any atom is -0.394 e. The van der Waals surface area contributed by atoms with Gasteiger partial charge in [0.25, 0.3) is 0 Å². The Balaban J connectivity index is 2.30. The molecule has 1 rings (SSSR count). The van der Waals surface area contributed by atoms with Gasteiger partial charge in [0.15, 0.2) is 0 Å². The lowest BCUT2D eigenvalue weighted by atomic mass is 9.88. The fourth-order valence-corrected chi connectivity index (χ4v) is 1.74. The van der Waals surface area contributed by atoms with Gasteiger partial charge in [-0.05, 0) is 24.7 Å². The van der Waals surface area contributed by atoms with Gasteiger partial charge >= 0.3 is 0 Å². The van der Waals surface area contributed by atoms with Crippen molar-refractivity contribution in [2.75, 3.05) is 13.2 Å². The predicted molar refractivity (Wildman–Crippen MR) is 49.1 cm³/mol. The van der Waals surface area contributed by atoms with Crippen molar-refractivity contribution in [3.05, 3.63) is 0 Å². The van der Waals surface area contributed by atoms with Crippen molar-refractivity contribution in [1.29, 1.82) is 0 Å². The second-order valence-electron chi connectivity index (χ2n) is 4.99. The van der Waals surface area contributed by atoms with Gasteiger partial charge in [0.1, 0.15) is 0 Å². The lowest BCUT2D eigenvalue weighted by Gasteiger charge is -2.25. The second-order valence-corrected chi connectivity index (χ2v) is 4.99. The van der Waals surface area contributed by atoms with Crippen LogP contribution in [0.5, 0.6) is 0 Å². The normalized spacial score (nSPS) is 21.0. The molecule has 1 N–H and O–H groups in total. The Morgan fingerprint density at radius 1 is 1.33 bits per heavy atom. The Morgan fingerprint density at radius 3 is 2.25 bits per heavy atom. The highest BCUT2D eigenvalue weighted by Crippen LogP contribution is 2.47. The highest BCUT2D eigenvalue weighted by molar-refractivity contribution is 4.98. The van der Waals surface area contributed by atoms with Gasteiger partial charge < -0.3 is 9.84 Å². The molecule has 0 aromatic carbocycles. The van der Waals surface area contributed by atoms with Gasteiger partial charge in [-0.15, -0.1) is 0 Å². The third-order valence-corrected chi connectivity index (χ3v) is 2.16. The van der Waals surface area contributed by atoms with Crippen LogP contribution in [0.1, 0.15) is 40.0 Å². The van der Waals surface area contributed by atoms with Crippen LogP contribution in [-0.2, 0) is 4.74 Å². The van der Waals surface area contributed by atoms with E-state index < -0.39 is 0 Å². The molecule has 0 spiro atoms. The van der Waals surface area contributed by atoms with Crippen LogP contribution in [0.25, 0.3) is 0 Å². The molecule has 0 aliphatic heterocycles. The van der Waals surface area contributed by atoms with Gasteiger partial charge in [-0.1, -0.05) is 20.8 Å². The van der Waals surface area contributed by atoms with Crippen LogP contribution in [0.3, 0.4) is 0 Å². The van der Waals surface area contributed by atoms with E-state index in [0.717, 1.165) is 6.42 Å². The smallest absolute Gasteiger partial charge is 0.0705 e. The number of aliphatic hydroxyl groups is 1. The van der Waals surface area contributed by atoms with Crippen LogP contribution in [0.4, 0.5) is 0 Å². The maximum Gasteiger partial charge on any atom is 0.0705 e. The molecule has 12 heavy (non-hydrogen) atoms. The first-order valence-electron chi connectivity index (χ1n) is 4.72. The van der Waals surface area contributed by atoms with E-state index in [2.05, 4.69) is 20.8 Å². The molecule has 0 bridgehead atoms. The van der Waals surface area contributed by atoms with Crippen LogP contribution in [0.15, 0.2) is 0 Å². The number of rotatable bonds is 4. The monoisotopic (exact) mass is 172 g/mol. The first-order valence-corrected chi connectivity index (χ1v) is 4.72. The molecular formula is C10H20O2. The van der Waals surface area contributed by atoms with Crippen LogP contribution in [0.2, 0.25) is 0 Å². The number of hydrogen-bond donors (Lipinski definition) is 1. The van der Waals surface area contributed by atoms with Gasteiger partial charge in [-0.2, -0.15) is 0 Å². The lowest BCUT2D eigenvalue weighted by Crippen LogP contribution is -2.23. The number of aliphatic hydroxyl groups excluding tert-OH is 1. The molecule has 0 heterocycles. The summed E-state index contributed by atoms with van der Waals surface area (Å²) in [6.07, 6.45) is 3.45. The topological polar surface area (TPSA) is 29.5 Å². The van der Waals surface area contributed by atoms with Crippen molar-refractivity contribution >= 4 is 0 Å². The Hall–Kier alpha value is -0.0800. The summed E-state index contributed by atoms with van der Waals surface area (Å²) in [5.74, 6) is 0. The number of hydrogen-bond acceptors (Lipinski definition) is 2. The summed E-state index contributed by atoms with van der Waals surface area (Å²) in [5.41, 5.74) is 0.465. The third kappa shape index (κ3) is 3.11. The molecule has 1 fully saturated rings. The molecule has 0 saturated heterocycles. The average molecular weight is 172 g/mol. The molecule has 0 radical (unpaired) electrons. The second kappa shape index (κ2) is 3.35. The van der Waals surface area contributed by atoms with Gasteiger partial charge in [0.05, 0.1) is 18.8 Å². The first kappa shape index (κ1) is 10.0. The molecular weight excluding hydrogens is 152 g/mol. The van der Waals surface area contributed by atoms with E-state index in [-0.39, 0.29) is 12.2 Å². The van der Waals surface area contributed by atoms with Crippen LogP contribution >= 0.6 is 0 Å². The highest BCUT2D eigenvalue weighted by Gasteiger charge is 2.46. The zero-order valence-electron chi connectivity index (χ0n) is 8.39. The van der Waals surface area contributed by atoms with E-state index in [1.54, 1.807) is 0 Å². The zero-order chi connectivity index (χ0) is 9.24. The summed E-state index contributed by atoms with van der Waals surface area (Å²) >= 11 is 0. The number of ether oxygens (including phenoxy) is 1. The maximum absolute atomic E-state index is 8.63. The summed E-state index contributed by atoms with van der Waals surface area (Å²) in [4.78, 5) is 0. The third-order valence-electron chi connectivity index (χ3n) is 2.16. The molecule has 72 valence electrons. The minimum absolute atomic E-state index is 0.126.